The Balaban J connectivity index is 1.62. The molecule has 3 aromatic rings. The number of ketones is 1. The van der Waals surface area contributed by atoms with Gasteiger partial charge >= 0.3 is 6.18 Å². The highest BCUT2D eigenvalue weighted by molar-refractivity contribution is 5.81. The average Bonchev–Trinajstić information content (AvgIpc) is 3.39. The summed E-state index contributed by atoms with van der Waals surface area (Å²) in [5.74, 6) is -1.28. The third-order valence-electron chi connectivity index (χ3n) is 6.02. The fourth-order valence-corrected chi connectivity index (χ4v) is 4.10. The van der Waals surface area contributed by atoms with Crippen LogP contribution in [0.5, 0.6) is 0 Å². The third kappa shape index (κ3) is 6.60. The molecule has 2 heterocycles. The molecule has 4 rings (SSSR count). The predicted octanol–water partition coefficient (Wildman–Crippen LogP) is 5.88. The lowest BCUT2D eigenvalue weighted by atomic mass is 9.99. The Morgan fingerprint density at radius 1 is 1.22 bits per heavy atom. The molecule has 1 atom stereocenters. The van der Waals surface area contributed by atoms with Crippen molar-refractivity contribution in [2.24, 2.45) is 5.92 Å². The molecule has 1 aliphatic carbocycles. The number of ether oxygens (including phenoxy) is 1. The molecule has 0 N–H and O–H groups in total. The van der Waals surface area contributed by atoms with Crippen LogP contribution in [0.25, 0.3) is 11.5 Å². The van der Waals surface area contributed by atoms with Gasteiger partial charge in [0.2, 0.25) is 0 Å². The van der Waals surface area contributed by atoms with Crippen molar-refractivity contribution < 1.29 is 36.0 Å². The molecule has 12 heteroatoms. The Morgan fingerprint density at radius 2 is 1.95 bits per heavy atom. The number of alkyl halides is 3. The van der Waals surface area contributed by atoms with Crippen molar-refractivity contribution in [2.45, 2.75) is 71.2 Å². The van der Waals surface area contributed by atoms with E-state index in [0.29, 0.717) is 29.6 Å². The summed E-state index contributed by atoms with van der Waals surface area (Å²) in [6.07, 6.45) is -4.61. The number of carbonyl (C=O) groups is 1. The maximum atomic E-state index is 13.9. The molecule has 0 amide bonds. The highest BCUT2D eigenvalue weighted by Crippen LogP contribution is 2.41. The van der Waals surface area contributed by atoms with Crippen molar-refractivity contribution in [3.05, 3.63) is 52.5 Å². The minimum Gasteiger partial charge on any atom is -0.361 e. The number of carbonyl (C=O) groups excluding carboxylic acids is 1. The second kappa shape index (κ2) is 10.7. The SMILES string of the molecule is Cc1c(CC(=O)C[C@H](OCC(F)(F)F)c2nnc(-c3cc(CC(C)C)on3)n2C2CC2)ccc(F)c1F. The quantitative estimate of drug-likeness (QED) is 0.291. The van der Waals surface area contributed by atoms with E-state index in [1.54, 1.807) is 10.6 Å². The standard InChI is InChI=1S/C25H27F5N4O3/c1-13(2)8-18-11-20(33-37-18)23-31-32-24(34(23)16-5-6-16)21(36-12-25(28,29)30)10-17(35)9-15-4-7-19(26)22(27)14(15)3/h4,7,11,13,16,21H,5-6,8-10,12H2,1-3H3/t21-/m0/s1. The highest BCUT2D eigenvalue weighted by atomic mass is 19.4. The molecule has 7 nitrogen and oxygen atoms in total. The maximum absolute atomic E-state index is 13.9. The molecule has 1 aliphatic rings. The molecule has 200 valence electrons. The molecule has 0 bridgehead atoms. The van der Waals surface area contributed by atoms with E-state index in [4.69, 9.17) is 9.26 Å². The van der Waals surface area contributed by atoms with Crippen LogP contribution < -0.4 is 0 Å². The molecule has 0 unspecified atom stereocenters. The number of Topliss-reactive ketones (excluding diaryl/α,β-unsaturated/α-hetero) is 1. The molecule has 2 aromatic heterocycles. The molecule has 0 saturated heterocycles. The van der Waals surface area contributed by atoms with Crippen molar-refractivity contribution >= 4 is 5.78 Å². The summed E-state index contributed by atoms with van der Waals surface area (Å²) in [5.41, 5.74) is 0.593. The van der Waals surface area contributed by atoms with Crippen LogP contribution in [0.4, 0.5) is 22.0 Å². The number of aromatic nitrogens is 4. The summed E-state index contributed by atoms with van der Waals surface area (Å²) >= 11 is 0. The van der Waals surface area contributed by atoms with Crippen molar-refractivity contribution in [1.29, 1.82) is 0 Å². The predicted molar refractivity (Wildman–Crippen MR) is 122 cm³/mol. The molecule has 37 heavy (non-hydrogen) atoms. The van der Waals surface area contributed by atoms with Crippen LogP contribution in [0, 0.1) is 24.5 Å². The van der Waals surface area contributed by atoms with Gasteiger partial charge < -0.3 is 13.8 Å². The number of halogens is 5. The van der Waals surface area contributed by atoms with E-state index in [0.717, 1.165) is 18.9 Å². The van der Waals surface area contributed by atoms with Gasteiger partial charge in [-0.15, -0.1) is 10.2 Å². The van der Waals surface area contributed by atoms with Crippen LogP contribution >= 0.6 is 0 Å². The molecule has 0 radical (unpaired) electrons. The van der Waals surface area contributed by atoms with Gasteiger partial charge in [0.05, 0.1) is 0 Å². The Labute approximate surface area is 210 Å². The zero-order chi connectivity index (χ0) is 26.9. The second-order valence-electron chi connectivity index (χ2n) is 9.74. The van der Waals surface area contributed by atoms with Crippen LogP contribution in [-0.4, -0.2) is 38.5 Å². The monoisotopic (exact) mass is 526 g/mol. The van der Waals surface area contributed by atoms with Crippen molar-refractivity contribution in [1.82, 2.24) is 19.9 Å². The van der Waals surface area contributed by atoms with Crippen LogP contribution in [-0.2, 0) is 22.4 Å². The summed E-state index contributed by atoms with van der Waals surface area (Å²) in [6, 6.07) is 3.83. The molecule has 0 spiro atoms. The Hall–Kier alpha value is -3.15. The average molecular weight is 527 g/mol. The summed E-state index contributed by atoms with van der Waals surface area (Å²) < 4.78 is 78.7. The number of rotatable bonds is 11. The summed E-state index contributed by atoms with van der Waals surface area (Å²) in [4.78, 5) is 12.9. The largest absolute Gasteiger partial charge is 0.411 e. The third-order valence-corrected chi connectivity index (χ3v) is 6.02. The molecular formula is C25H27F5N4O3. The van der Waals surface area contributed by atoms with Gasteiger partial charge in [-0.05, 0) is 42.9 Å². The summed E-state index contributed by atoms with van der Waals surface area (Å²) in [6.45, 7) is 3.79. The smallest absolute Gasteiger partial charge is 0.361 e. The zero-order valence-corrected chi connectivity index (χ0v) is 20.6. The van der Waals surface area contributed by atoms with Gasteiger partial charge in [-0.2, -0.15) is 13.2 Å². The second-order valence-corrected chi connectivity index (χ2v) is 9.74. The van der Waals surface area contributed by atoms with Gasteiger partial charge in [0.25, 0.3) is 0 Å². The van der Waals surface area contributed by atoms with E-state index in [-0.39, 0.29) is 29.4 Å². The molecular weight excluding hydrogens is 499 g/mol. The molecule has 1 aromatic carbocycles. The zero-order valence-electron chi connectivity index (χ0n) is 20.6. The first-order valence-corrected chi connectivity index (χ1v) is 12.0. The minimum atomic E-state index is -4.64. The van der Waals surface area contributed by atoms with Crippen molar-refractivity contribution in [2.75, 3.05) is 6.61 Å². The number of hydrogen-bond acceptors (Lipinski definition) is 6. The topological polar surface area (TPSA) is 83.0 Å². The van der Waals surface area contributed by atoms with Gasteiger partial charge in [0, 0.05) is 31.4 Å². The van der Waals surface area contributed by atoms with Crippen molar-refractivity contribution in [3.8, 4) is 11.5 Å². The lowest BCUT2D eigenvalue weighted by Crippen LogP contribution is -2.23. The lowest BCUT2D eigenvalue weighted by molar-refractivity contribution is -0.188. The summed E-state index contributed by atoms with van der Waals surface area (Å²) in [7, 11) is 0. The Bertz CT molecular complexity index is 1260. The highest BCUT2D eigenvalue weighted by Gasteiger charge is 2.37. The van der Waals surface area contributed by atoms with Gasteiger partial charge in [0.15, 0.2) is 29.0 Å². The van der Waals surface area contributed by atoms with E-state index in [1.807, 2.05) is 13.8 Å². The Morgan fingerprint density at radius 3 is 2.59 bits per heavy atom. The van der Waals surface area contributed by atoms with Gasteiger partial charge in [-0.3, -0.25) is 4.79 Å². The van der Waals surface area contributed by atoms with E-state index >= 15 is 0 Å². The van der Waals surface area contributed by atoms with E-state index in [2.05, 4.69) is 15.4 Å². The van der Waals surface area contributed by atoms with Crippen LogP contribution in [0.15, 0.2) is 22.7 Å². The van der Waals surface area contributed by atoms with Crippen molar-refractivity contribution in [3.63, 3.8) is 0 Å². The maximum Gasteiger partial charge on any atom is 0.411 e. The van der Waals surface area contributed by atoms with Gasteiger partial charge in [-0.25, -0.2) is 8.78 Å². The van der Waals surface area contributed by atoms with Crippen LogP contribution in [0.3, 0.4) is 0 Å². The first-order chi connectivity index (χ1) is 17.4. The van der Waals surface area contributed by atoms with E-state index in [1.165, 1.54) is 13.0 Å². The van der Waals surface area contributed by atoms with E-state index < -0.39 is 42.7 Å². The summed E-state index contributed by atoms with van der Waals surface area (Å²) in [5, 5.41) is 12.3. The van der Waals surface area contributed by atoms with E-state index in [9.17, 15) is 26.7 Å². The fourth-order valence-electron chi connectivity index (χ4n) is 4.10. The van der Waals surface area contributed by atoms with Crippen LogP contribution in [0.1, 0.15) is 68.0 Å². The van der Waals surface area contributed by atoms with Gasteiger partial charge in [0.1, 0.15) is 24.3 Å². The molecule has 0 aliphatic heterocycles. The van der Waals surface area contributed by atoms with Crippen LogP contribution in [0.2, 0.25) is 0 Å². The first-order valence-electron chi connectivity index (χ1n) is 12.0. The Kier molecular flexibility index (Phi) is 7.77. The minimum absolute atomic E-state index is 0.0345. The normalized spacial score (nSPS) is 14.9. The lowest BCUT2D eigenvalue weighted by Gasteiger charge is -2.19. The first kappa shape index (κ1) is 26.9. The molecule has 1 fully saturated rings. The number of benzene rings is 1. The van der Waals surface area contributed by atoms with Gasteiger partial charge in [-0.1, -0.05) is 25.1 Å². The fraction of sp³-hybridized carbons (Fsp3) is 0.520. The number of nitrogens with zero attached hydrogens (tertiary/aromatic N) is 4. The number of hydrogen-bond donors (Lipinski definition) is 0. The molecule has 1 saturated carbocycles.